The van der Waals surface area contributed by atoms with Crippen molar-refractivity contribution in [1.29, 1.82) is 0 Å². The Labute approximate surface area is 186 Å². The van der Waals surface area contributed by atoms with Gasteiger partial charge in [-0.05, 0) is 61.5 Å². The van der Waals surface area contributed by atoms with E-state index in [0.717, 1.165) is 35.2 Å². The van der Waals surface area contributed by atoms with Gasteiger partial charge in [0.05, 0.1) is 37.1 Å². The molecule has 1 aliphatic rings. The van der Waals surface area contributed by atoms with E-state index in [1.165, 1.54) is 37.3 Å². The Morgan fingerprint density at radius 1 is 0.909 bits per heavy atom. The maximum atomic E-state index is 13.0. The lowest BCUT2D eigenvalue weighted by Gasteiger charge is -2.14. The van der Waals surface area contributed by atoms with Gasteiger partial charge < -0.3 is 5.11 Å². The lowest BCUT2D eigenvalue weighted by Crippen LogP contribution is -2.29. The molecule has 0 saturated carbocycles. The maximum absolute atomic E-state index is 13.0. The second-order valence-electron chi connectivity index (χ2n) is 7.21. The number of hydrogen-bond donors (Lipinski definition) is 1. The summed E-state index contributed by atoms with van der Waals surface area (Å²) in [5.74, 6) is -2.65. The monoisotopic (exact) mass is 466 g/mol. The van der Waals surface area contributed by atoms with Crippen molar-refractivity contribution in [3.63, 3.8) is 0 Å². The standard InChI is InChI=1S/C22H14N2O8S/c1-12-10-14(4-9-19(12)24(29)30)23-20(25)17-8-7-16(11-18(17)21(23)26)33(31,32)15-5-2-13(3-6-15)22(27)28/h2-11H,1H3,(H,27,28). The third-order valence-electron chi connectivity index (χ3n) is 5.22. The van der Waals surface area contributed by atoms with Gasteiger partial charge in [0.1, 0.15) is 0 Å². The molecule has 1 heterocycles. The smallest absolute Gasteiger partial charge is 0.335 e. The Hall–Kier alpha value is -4.38. The molecule has 1 aliphatic heterocycles. The third kappa shape index (κ3) is 3.53. The van der Waals surface area contributed by atoms with E-state index in [-0.39, 0.29) is 43.4 Å². The molecule has 0 radical (unpaired) electrons. The Morgan fingerprint density at radius 3 is 2.09 bits per heavy atom. The number of benzene rings is 3. The highest BCUT2D eigenvalue weighted by Crippen LogP contribution is 2.33. The van der Waals surface area contributed by atoms with Gasteiger partial charge >= 0.3 is 5.97 Å². The fourth-order valence-corrected chi connectivity index (χ4v) is 4.80. The first kappa shape index (κ1) is 21.8. The van der Waals surface area contributed by atoms with Crippen molar-refractivity contribution in [2.45, 2.75) is 16.7 Å². The molecule has 3 aromatic rings. The van der Waals surface area contributed by atoms with Gasteiger partial charge in [-0.25, -0.2) is 18.1 Å². The first-order chi connectivity index (χ1) is 15.5. The highest BCUT2D eigenvalue weighted by Gasteiger charge is 2.38. The van der Waals surface area contributed by atoms with Crippen molar-refractivity contribution < 1.29 is 32.8 Å². The summed E-state index contributed by atoms with van der Waals surface area (Å²) in [5, 5.41) is 20.0. The van der Waals surface area contributed by atoms with Crippen LogP contribution in [-0.4, -0.2) is 36.2 Å². The van der Waals surface area contributed by atoms with Gasteiger partial charge in [-0.15, -0.1) is 0 Å². The fourth-order valence-electron chi connectivity index (χ4n) is 3.52. The average molecular weight is 466 g/mol. The zero-order valence-electron chi connectivity index (χ0n) is 16.9. The maximum Gasteiger partial charge on any atom is 0.335 e. The van der Waals surface area contributed by atoms with Crippen molar-refractivity contribution in [1.82, 2.24) is 0 Å². The molecule has 4 rings (SSSR count). The zero-order chi connectivity index (χ0) is 24.1. The second-order valence-corrected chi connectivity index (χ2v) is 9.16. The van der Waals surface area contributed by atoms with Crippen LogP contribution in [0.3, 0.4) is 0 Å². The van der Waals surface area contributed by atoms with E-state index < -0.39 is 32.5 Å². The largest absolute Gasteiger partial charge is 0.478 e. The Balaban J connectivity index is 1.72. The Bertz CT molecular complexity index is 1480. The van der Waals surface area contributed by atoms with Crippen LogP contribution < -0.4 is 4.90 Å². The van der Waals surface area contributed by atoms with Crippen LogP contribution in [-0.2, 0) is 9.84 Å². The summed E-state index contributed by atoms with van der Waals surface area (Å²) >= 11 is 0. The van der Waals surface area contributed by atoms with Crippen LogP contribution in [0.2, 0.25) is 0 Å². The number of aromatic carboxylic acids is 1. The number of fused-ring (bicyclic) bond motifs is 1. The van der Waals surface area contributed by atoms with Crippen LogP contribution in [0.15, 0.2) is 70.5 Å². The normalized spacial score (nSPS) is 13.2. The van der Waals surface area contributed by atoms with E-state index in [1.54, 1.807) is 0 Å². The van der Waals surface area contributed by atoms with Crippen LogP contribution in [0.1, 0.15) is 36.6 Å². The number of sulfone groups is 1. The second kappa shape index (κ2) is 7.64. The number of anilines is 1. The molecule has 0 spiro atoms. The molecular weight excluding hydrogens is 452 g/mol. The summed E-state index contributed by atoms with van der Waals surface area (Å²) in [6.45, 7) is 1.47. The number of amides is 2. The molecule has 2 amide bonds. The third-order valence-corrected chi connectivity index (χ3v) is 6.98. The van der Waals surface area contributed by atoms with Crippen molar-refractivity contribution in [3.8, 4) is 0 Å². The molecule has 10 nitrogen and oxygen atoms in total. The number of carboxylic acid groups (broad SMARTS) is 1. The molecule has 0 unspecified atom stereocenters. The number of carbonyl (C=O) groups excluding carboxylic acids is 2. The van der Waals surface area contributed by atoms with Gasteiger partial charge in [-0.1, -0.05) is 0 Å². The molecule has 0 saturated heterocycles. The highest BCUT2D eigenvalue weighted by atomic mass is 32.2. The summed E-state index contributed by atoms with van der Waals surface area (Å²) in [6.07, 6.45) is 0. The van der Waals surface area contributed by atoms with Crippen molar-refractivity contribution >= 4 is 39.0 Å². The number of carboxylic acids is 1. The van der Waals surface area contributed by atoms with Crippen LogP contribution in [0.4, 0.5) is 11.4 Å². The SMILES string of the molecule is Cc1cc(N2C(=O)c3ccc(S(=O)(=O)c4ccc(C(=O)O)cc4)cc3C2=O)ccc1[N+](=O)[O-]. The number of aryl methyl sites for hydroxylation is 1. The van der Waals surface area contributed by atoms with Crippen molar-refractivity contribution in [2.24, 2.45) is 0 Å². The lowest BCUT2D eigenvalue weighted by molar-refractivity contribution is -0.385. The van der Waals surface area contributed by atoms with Crippen LogP contribution >= 0.6 is 0 Å². The Kier molecular flexibility index (Phi) is 5.05. The quantitative estimate of drug-likeness (QED) is 0.342. The molecule has 3 aromatic carbocycles. The van der Waals surface area contributed by atoms with Crippen LogP contribution in [0, 0.1) is 17.0 Å². The number of carbonyl (C=O) groups is 3. The molecule has 1 N–H and O–H groups in total. The summed E-state index contributed by atoms with van der Waals surface area (Å²) in [4.78, 5) is 47.7. The number of hydrogen-bond acceptors (Lipinski definition) is 7. The van der Waals surface area contributed by atoms with E-state index in [2.05, 4.69) is 0 Å². The predicted octanol–water partition coefficient (Wildman–Crippen LogP) is 3.23. The molecule has 0 atom stereocenters. The minimum atomic E-state index is -4.10. The van der Waals surface area contributed by atoms with E-state index in [1.807, 2.05) is 0 Å². The van der Waals surface area contributed by atoms with E-state index in [0.29, 0.717) is 0 Å². The summed E-state index contributed by atoms with van der Waals surface area (Å²) < 4.78 is 26.0. The molecular formula is C22H14N2O8S. The number of nitro groups is 1. The topological polar surface area (TPSA) is 152 Å². The summed E-state index contributed by atoms with van der Waals surface area (Å²) in [7, 11) is -4.10. The predicted molar refractivity (Wildman–Crippen MR) is 114 cm³/mol. The van der Waals surface area contributed by atoms with Crippen molar-refractivity contribution in [2.75, 3.05) is 4.90 Å². The van der Waals surface area contributed by atoms with Gasteiger partial charge in [-0.3, -0.25) is 19.7 Å². The molecule has 11 heteroatoms. The summed E-state index contributed by atoms with van der Waals surface area (Å²) in [6, 6.07) is 11.9. The first-order valence-electron chi connectivity index (χ1n) is 9.38. The minimum absolute atomic E-state index is 0.00354. The molecule has 0 aliphatic carbocycles. The molecule has 0 bridgehead atoms. The Morgan fingerprint density at radius 2 is 1.52 bits per heavy atom. The number of imide groups is 1. The van der Waals surface area contributed by atoms with E-state index in [4.69, 9.17) is 5.11 Å². The van der Waals surface area contributed by atoms with E-state index >= 15 is 0 Å². The summed E-state index contributed by atoms with van der Waals surface area (Å²) in [5.41, 5.74) is -0.00844. The van der Waals surface area contributed by atoms with Gasteiger partial charge in [0.2, 0.25) is 9.84 Å². The zero-order valence-corrected chi connectivity index (χ0v) is 17.7. The molecule has 0 fully saturated rings. The molecule has 33 heavy (non-hydrogen) atoms. The number of nitrogens with zero attached hydrogens (tertiary/aromatic N) is 2. The average Bonchev–Trinajstić information content (AvgIpc) is 3.03. The van der Waals surface area contributed by atoms with Gasteiger partial charge in [-0.2, -0.15) is 0 Å². The molecule has 0 aromatic heterocycles. The minimum Gasteiger partial charge on any atom is -0.478 e. The highest BCUT2D eigenvalue weighted by molar-refractivity contribution is 7.91. The fraction of sp³-hybridized carbons (Fsp3) is 0.0455. The van der Waals surface area contributed by atoms with Gasteiger partial charge in [0.25, 0.3) is 17.5 Å². The lowest BCUT2D eigenvalue weighted by atomic mass is 10.1. The van der Waals surface area contributed by atoms with E-state index in [9.17, 15) is 32.9 Å². The van der Waals surface area contributed by atoms with Crippen molar-refractivity contribution in [3.05, 3.63) is 93.0 Å². The first-order valence-corrected chi connectivity index (χ1v) is 10.9. The van der Waals surface area contributed by atoms with Crippen LogP contribution in [0.5, 0.6) is 0 Å². The molecule has 166 valence electrons. The number of rotatable bonds is 5. The van der Waals surface area contributed by atoms with Gasteiger partial charge in [0.15, 0.2) is 0 Å². The van der Waals surface area contributed by atoms with Crippen LogP contribution in [0.25, 0.3) is 0 Å². The number of nitro benzene ring substituents is 1. The van der Waals surface area contributed by atoms with Gasteiger partial charge in [0, 0.05) is 11.6 Å².